The molecular formula is C26H39NO2Si2. The van der Waals surface area contributed by atoms with Gasteiger partial charge >= 0.3 is 0 Å². The summed E-state index contributed by atoms with van der Waals surface area (Å²) in [6, 6.07) is 22.8. The van der Waals surface area contributed by atoms with Crippen molar-refractivity contribution in [3.05, 3.63) is 71.8 Å². The summed E-state index contributed by atoms with van der Waals surface area (Å²) in [5.41, 5.74) is 0.917. The van der Waals surface area contributed by atoms with E-state index in [0.717, 1.165) is 11.1 Å². The molecule has 2 aromatic carbocycles. The lowest BCUT2D eigenvalue weighted by Crippen LogP contribution is -2.56. The summed E-state index contributed by atoms with van der Waals surface area (Å²) >= 11 is 0. The maximum atomic E-state index is 10.8. The van der Waals surface area contributed by atoms with Crippen LogP contribution in [-0.2, 0) is 14.3 Å². The molecule has 0 aliphatic heterocycles. The zero-order chi connectivity index (χ0) is 23.5. The Morgan fingerprint density at radius 2 is 1.19 bits per heavy atom. The molecule has 168 valence electrons. The van der Waals surface area contributed by atoms with Crippen LogP contribution in [0.2, 0.25) is 37.8 Å². The topological polar surface area (TPSA) is 42.2 Å². The van der Waals surface area contributed by atoms with Gasteiger partial charge in [-0.25, -0.2) is 0 Å². The summed E-state index contributed by atoms with van der Waals surface area (Å²) in [6.45, 7) is 19.9. The smallest absolute Gasteiger partial charge is 0.192 e. The molecule has 0 radical (unpaired) electrons. The van der Waals surface area contributed by atoms with E-state index in [9.17, 15) is 5.26 Å². The monoisotopic (exact) mass is 453 g/mol. The molecule has 0 fully saturated rings. The van der Waals surface area contributed by atoms with Gasteiger partial charge in [0.1, 0.15) is 5.41 Å². The third-order valence-electron chi connectivity index (χ3n) is 6.25. The van der Waals surface area contributed by atoms with Crippen LogP contribution in [0, 0.1) is 11.3 Å². The van der Waals surface area contributed by atoms with Crippen LogP contribution < -0.4 is 0 Å². The number of rotatable bonds is 8. The first-order valence-corrected chi connectivity index (χ1v) is 17.4. The Bertz CT molecular complexity index is 838. The predicted octanol–water partition coefficient (Wildman–Crippen LogP) is 7.13. The predicted molar refractivity (Wildman–Crippen MR) is 135 cm³/mol. The van der Waals surface area contributed by atoms with E-state index in [4.69, 9.17) is 8.85 Å². The molecular weight excluding hydrogens is 414 g/mol. The Morgan fingerprint density at radius 3 is 1.52 bits per heavy atom. The Labute approximate surface area is 191 Å². The summed E-state index contributed by atoms with van der Waals surface area (Å²) < 4.78 is 13.7. The molecule has 0 saturated heterocycles. The summed E-state index contributed by atoms with van der Waals surface area (Å²) in [7, 11) is -4.09. The van der Waals surface area contributed by atoms with Crippen molar-refractivity contribution in [2.75, 3.05) is 0 Å². The van der Waals surface area contributed by atoms with E-state index < -0.39 is 28.2 Å². The van der Waals surface area contributed by atoms with E-state index >= 15 is 0 Å². The number of hydrogen-bond donors (Lipinski definition) is 0. The number of hydrogen-bond acceptors (Lipinski definition) is 3. The number of nitrogens with zero attached hydrogens (tertiary/aromatic N) is 1. The molecule has 0 N–H and O–H groups in total. The highest BCUT2D eigenvalue weighted by Crippen LogP contribution is 2.43. The van der Waals surface area contributed by atoms with Gasteiger partial charge in [0.2, 0.25) is 0 Å². The minimum atomic E-state index is -2.07. The third-order valence-corrected chi connectivity index (χ3v) is 11.8. The van der Waals surface area contributed by atoms with Crippen LogP contribution in [0.3, 0.4) is 0 Å². The lowest BCUT2D eigenvalue weighted by molar-refractivity contribution is 0.0239. The number of nitriles is 1. The van der Waals surface area contributed by atoms with Crippen LogP contribution in [0.4, 0.5) is 0 Å². The fourth-order valence-corrected chi connectivity index (χ4v) is 6.25. The zero-order valence-electron chi connectivity index (χ0n) is 20.7. The average molecular weight is 454 g/mol. The van der Waals surface area contributed by atoms with Crippen LogP contribution in [0.25, 0.3) is 0 Å². The first kappa shape index (κ1) is 25.5. The van der Waals surface area contributed by atoms with Crippen molar-refractivity contribution in [2.24, 2.45) is 0 Å². The van der Waals surface area contributed by atoms with Crippen molar-refractivity contribution in [2.45, 2.75) is 83.1 Å². The van der Waals surface area contributed by atoms with Crippen molar-refractivity contribution in [1.82, 2.24) is 0 Å². The van der Waals surface area contributed by atoms with E-state index in [-0.39, 0.29) is 11.1 Å². The van der Waals surface area contributed by atoms with Crippen molar-refractivity contribution in [3.8, 4) is 6.07 Å². The second kappa shape index (κ2) is 9.42. The van der Waals surface area contributed by atoms with Crippen LogP contribution in [-0.4, -0.2) is 28.8 Å². The molecule has 31 heavy (non-hydrogen) atoms. The highest BCUT2D eigenvalue weighted by Gasteiger charge is 2.50. The summed E-state index contributed by atoms with van der Waals surface area (Å²) in [5.74, 6) is 0. The lowest BCUT2D eigenvalue weighted by atomic mass is 9.70. The van der Waals surface area contributed by atoms with E-state index in [1.54, 1.807) is 0 Å². The van der Waals surface area contributed by atoms with E-state index in [1.807, 2.05) is 60.7 Å². The zero-order valence-corrected chi connectivity index (χ0v) is 22.7. The van der Waals surface area contributed by atoms with Crippen LogP contribution in [0.5, 0.6) is 0 Å². The Kier molecular flexibility index (Phi) is 7.76. The quantitative estimate of drug-likeness (QED) is 0.399. The van der Waals surface area contributed by atoms with E-state index in [1.165, 1.54) is 0 Å². The third kappa shape index (κ3) is 5.75. The minimum Gasteiger partial charge on any atom is -0.412 e. The molecule has 0 saturated carbocycles. The molecule has 5 heteroatoms. The summed E-state index contributed by atoms with van der Waals surface area (Å²) in [5, 5.41) is 10.9. The molecule has 2 rings (SSSR count). The molecule has 0 unspecified atom stereocenters. The second-order valence-electron chi connectivity index (χ2n) is 10.9. The van der Waals surface area contributed by atoms with Gasteiger partial charge in [0.25, 0.3) is 0 Å². The van der Waals surface area contributed by atoms with Crippen LogP contribution in [0.15, 0.2) is 60.7 Å². The summed E-state index contributed by atoms with van der Waals surface area (Å²) in [4.78, 5) is 0. The van der Waals surface area contributed by atoms with Gasteiger partial charge in [-0.2, -0.15) is 5.26 Å². The fraction of sp³-hybridized carbons (Fsp3) is 0.500. The molecule has 0 aliphatic carbocycles. The van der Waals surface area contributed by atoms with Gasteiger partial charge in [0.15, 0.2) is 16.6 Å². The molecule has 2 atom stereocenters. The molecule has 0 aromatic heterocycles. The maximum absolute atomic E-state index is 10.8. The highest BCUT2D eigenvalue weighted by atomic mass is 28.4. The van der Waals surface area contributed by atoms with Gasteiger partial charge in [0, 0.05) is 0 Å². The van der Waals surface area contributed by atoms with Gasteiger partial charge in [0.05, 0.1) is 18.3 Å². The van der Waals surface area contributed by atoms with E-state index in [2.05, 4.69) is 66.5 Å². The summed E-state index contributed by atoms with van der Waals surface area (Å²) in [6.07, 6.45) is -0.671. The van der Waals surface area contributed by atoms with Gasteiger partial charge in [-0.05, 0) is 55.8 Å². The largest absolute Gasteiger partial charge is 0.412 e. The first-order valence-electron chi connectivity index (χ1n) is 11.1. The minimum absolute atomic E-state index is 0.0692. The van der Waals surface area contributed by atoms with Crippen LogP contribution in [0.1, 0.15) is 38.8 Å². The first-order chi connectivity index (χ1) is 14.2. The molecule has 0 spiro atoms. The average Bonchev–Trinajstić information content (AvgIpc) is 2.68. The molecule has 3 nitrogen and oxygen atoms in total. The Balaban J connectivity index is 2.73. The van der Waals surface area contributed by atoms with Crippen molar-refractivity contribution < 1.29 is 8.85 Å². The molecule has 2 aromatic rings. The molecule has 0 heterocycles. The lowest BCUT2D eigenvalue weighted by Gasteiger charge is -2.46. The van der Waals surface area contributed by atoms with Gasteiger partial charge < -0.3 is 8.85 Å². The second-order valence-corrected chi connectivity index (χ2v) is 20.1. The number of benzene rings is 2. The maximum Gasteiger partial charge on any atom is 0.192 e. The van der Waals surface area contributed by atoms with Crippen LogP contribution >= 0.6 is 0 Å². The van der Waals surface area contributed by atoms with Gasteiger partial charge in [-0.3, -0.25) is 0 Å². The molecule has 0 bridgehead atoms. The van der Waals surface area contributed by atoms with Crippen molar-refractivity contribution >= 4 is 16.6 Å². The standard InChI is InChI=1S/C26H39NO2Si2/c1-21(28-31(8,9)25(2,3)4)24(29-30(5,6)7)26(20-27,22-16-12-10-13-17-22)23-18-14-11-15-19-23/h10-19,21,24H,1-9H3/t21-,24-/m0/s1. The highest BCUT2D eigenvalue weighted by molar-refractivity contribution is 6.74. The van der Waals surface area contributed by atoms with Gasteiger partial charge in [-0.15, -0.1) is 0 Å². The Hall–Kier alpha value is -1.72. The normalized spacial score (nSPS) is 15.2. The van der Waals surface area contributed by atoms with E-state index in [0.29, 0.717) is 0 Å². The fourth-order valence-electron chi connectivity index (χ4n) is 3.71. The van der Waals surface area contributed by atoms with Gasteiger partial charge in [-0.1, -0.05) is 81.4 Å². The van der Waals surface area contributed by atoms with Crippen molar-refractivity contribution in [3.63, 3.8) is 0 Å². The SMILES string of the molecule is C[C@H](O[Si](C)(C)C(C)(C)C)[C@H](O[Si](C)(C)C)C(C#N)(c1ccccc1)c1ccccc1. The Morgan fingerprint density at radius 1 is 0.774 bits per heavy atom. The molecule has 0 aliphatic rings. The van der Waals surface area contributed by atoms with Crippen molar-refractivity contribution in [1.29, 1.82) is 5.26 Å². The molecule has 0 amide bonds.